The topological polar surface area (TPSA) is 75.6 Å². The smallest absolute Gasteiger partial charge is 0.319 e. The molecule has 1 saturated heterocycles. The molecule has 1 atom stereocenters. The third-order valence-corrected chi connectivity index (χ3v) is 3.45. The predicted molar refractivity (Wildman–Crippen MR) is 55.9 cm³/mol. The monoisotopic (exact) mass is 227 g/mol. The Hall–Kier alpha value is -1.10. The molecule has 2 N–H and O–H groups in total. The van der Waals surface area contributed by atoms with Crippen molar-refractivity contribution < 1.29 is 19.4 Å². The van der Waals surface area contributed by atoms with Crippen molar-refractivity contribution in [2.45, 2.75) is 38.1 Å². The Morgan fingerprint density at radius 3 is 2.44 bits per heavy atom. The first-order valence-electron chi connectivity index (χ1n) is 5.62. The second kappa shape index (κ2) is 3.73. The van der Waals surface area contributed by atoms with Gasteiger partial charge in [-0.1, -0.05) is 0 Å². The molecule has 5 heteroatoms. The zero-order valence-corrected chi connectivity index (χ0v) is 9.41. The van der Waals surface area contributed by atoms with Gasteiger partial charge in [-0.15, -0.1) is 0 Å². The summed E-state index contributed by atoms with van der Waals surface area (Å²) >= 11 is 0. The van der Waals surface area contributed by atoms with Gasteiger partial charge in [0.15, 0.2) is 0 Å². The maximum atomic E-state index is 11.9. The lowest BCUT2D eigenvalue weighted by atomic mass is 9.93. The third-order valence-electron chi connectivity index (χ3n) is 3.45. The Kier molecular flexibility index (Phi) is 2.66. The lowest BCUT2D eigenvalue weighted by molar-refractivity contribution is -0.150. The standard InChI is InChI=1S/C11H17NO4/c1-10(3-2-6-16-7-10)12-8(13)11(4-5-11)9(14)15/h2-7H2,1H3,(H,12,13)(H,14,15). The van der Waals surface area contributed by atoms with Gasteiger partial charge in [-0.05, 0) is 32.6 Å². The minimum absolute atomic E-state index is 0.354. The van der Waals surface area contributed by atoms with Crippen LogP contribution in [0.2, 0.25) is 0 Å². The number of hydrogen-bond acceptors (Lipinski definition) is 3. The second-order valence-electron chi connectivity index (χ2n) is 5.06. The molecule has 2 fully saturated rings. The SMILES string of the molecule is CC1(NC(=O)C2(C(=O)O)CC2)CCCOC1. The van der Waals surface area contributed by atoms with Gasteiger partial charge in [-0.25, -0.2) is 0 Å². The number of aliphatic carboxylic acids is 1. The van der Waals surface area contributed by atoms with Crippen LogP contribution in [-0.4, -0.2) is 35.7 Å². The fourth-order valence-electron chi connectivity index (χ4n) is 2.09. The highest BCUT2D eigenvalue weighted by Gasteiger charge is 2.58. The van der Waals surface area contributed by atoms with Crippen molar-refractivity contribution in [3.63, 3.8) is 0 Å². The van der Waals surface area contributed by atoms with E-state index in [1.807, 2.05) is 6.92 Å². The third kappa shape index (κ3) is 1.91. The molecule has 1 amide bonds. The van der Waals surface area contributed by atoms with E-state index in [-0.39, 0.29) is 5.91 Å². The molecule has 1 saturated carbocycles. The van der Waals surface area contributed by atoms with E-state index in [2.05, 4.69) is 5.32 Å². The van der Waals surface area contributed by atoms with Gasteiger partial charge >= 0.3 is 5.97 Å². The number of carboxylic acid groups (broad SMARTS) is 1. The molecule has 90 valence electrons. The molecule has 2 aliphatic rings. The number of hydrogen-bond donors (Lipinski definition) is 2. The molecule has 0 spiro atoms. The minimum Gasteiger partial charge on any atom is -0.480 e. The highest BCUT2D eigenvalue weighted by Crippen LogP contribution is 2.46. The quantitative estimate of drug-likeness (QED) is 0.690. The summed E-state index contributed by atoms with van der Waals surface area (Å²) in [6.07, 6.45) is 2.64. The first-order valence-corrected chi connectivity index (χ1v) is 5.62. The van der Waals surface area contributed by atoms with E-state index in [9.17, 15) is 9.59 Å². The average Bonchev–Trinajstić information content (AvgIpc) is 2.98. The largest absolute Gasteiger partial charge is 0.480 e. The molecule has 5 nitrogen and oxygen atoms in total. The van der Waals surface area contributed by atoms with Crippen molar-refractivity contribution in [2.75, 3.05) is 13.2 Å². The van der Waals surface area contributed by atoms with E-state index in [4.69, 9.17) is 9.84 Å². The van der Waals surface area contributed by atoms with Crippen molar-refractivity contribution >= 4 is 11.9 Å². The molecule has 2 rings (SSSR count). The predicted octanol–water partition coefficient (Wildman–Crippen LogP) is 0.536. The maximum absolute atomic E-state index is 11.9. The summed E-state index contributed by atoms with van der Waals surface area (Å²) in [4.78, 5) is 22.9. The fourth-order valence-corrected chi connectivity index (χ4v) is 2.09. The highest BCUT2D eigenvalue weighted by molar-refractivity contribution is 6.05. The van der Waals surface area contributed by atoms with Crippen LogP contribution in [0.15, 0.2) is 0 Å². The van der Waals surface area contributed by atoms with E-state index in [1.54, 1.807) is 0 Å². The molecule has 1 heterocycles. The van der Waals surface area contributed by atoms with E-state index in [0.717, 1.165) is 19.4 Å². The minimum atomic E-state index is -1.15. The number of amides is 1. The van der Waals surface area contributed by atoms with Crippen LogP contribution < -0.4 is 5.32 Å². The number of carbonyl (C=O) groups excluding carboxylic acids is 1. The van der Waals surface area contributed by atoms with Crippen molar-refractivity contribution in [1.29, 1.82) is 0 Å². The zero-order chi connectivity index (χ0) is 11.8. The molecular formula is C11H17NO4. The normalized spacial score (nSPS) is 31.8. The van der Waals surface area contributed by atoms with Crippen LogP contribution >= 0.6 is 0 Å². The van der Waals surface area contributed by atoms with Crippen LogP contribution in [0.3, 0.4) is 0 Å². The second-order valence-corrected chi connectivity index (χ2v) is 5.06. The summed E-state index contributed by atoms with van der Waals surface area (Å²) in [7, 11) is 0. The first-order chi connectivity index (χ1) is 7.49. The van der Waals surface area contributed by atoms with Crippen molar-refractivity contribution in [2.24, 2.45) is 5.41 Å². The molecule has 0 radical (unpaired) electrons. The van der Waals surface area contributed by atoms with Gasteiger partial charge in [0, 0.05) is 6.61 Å². The Balaban J connectivity index is 1.99. The molecule has 1 unspecified atom stereocenters. The Labute approximate surface area is 94.2 Å². The van der Waals surface area contributed by atoms with Gasteiger partial charge < -0.3 is 15.2 Å². The van der Waals surface area contributed by atoms with Gasteiger partial charge in [0.1, 0.15) is 5.41 Å². The molecule has 1 aliphatic carbocycles. The fraction of sp³-hybridized carbons (Fsp3) is 0.818. The van der Waals surface area contributed by atoms with Crippen molar-refractivity contribution in [3.8, 4) is 0 Å². The van der Waals surface area contributed by atoms with Gasteiger partial charge in [-0.2, -0.15) is 0 Å². The highest BCUT2D eigenvalue weighted by atomic mass is 16.5. The van der Waals surface area contributed by atoms with Crippen LogP contribution in [0.5, 0.6) is 0 Å². The summed E-state index contributed by atoms with van der Waals surface area (Å²) in [5.74, 6) is -1.36. The van der Waals surface area contributed by atoms with E-state index in [0.29, 0.717) is 19.4 Å². The average molecular weight is 227 g/mol. The number of rotatable bonds is 3. The zero-order valence-electron chi connectivity index (χ0n) is 9.41. The van der Waals surface area contributed by atoms with Crippen LogP contribution in [0.4, 0.5) is 0 Å². The summed E-state index contributed by atoms with van der Waals surface area (Å²) in [6.45, 7) is 3.09. The molecule has 1 aliphatic heterocycles. The number of ether oxygens (including phenoxy) is 1. The summed E-state index contributed by atoms with van der Waals surface area (Å²) in [5.41, 5.74) is -1.55. The Bertz CT molecular complexity index is 316. The van der Waals surface area contributed by atoms with Gasteiger partial charge in [-0.3, -0.25) is 9.59 Å². The van der Waals surface area contributed by atoms with Gasteiger partial charge in [0.05, 0.1) is 12.1 Å². The van der Waals surface area contributed by atoms with Crippen molar-refractivity contribution in [1.82, 2.24) is 5.32 Å². The Morgan fingerprint density at radius 1 is 1.31 bits per heavy atom. The summed E-state index contributed by atoms with van der Waals surface area (Å²) in [5, 5.41) is 11.8. The number of nitrogens with one attached hydrogen (secondary N) is 1. The van der Waals surface area contributed by atoms with E-state index in [1.165, 1.54) is 0 Å². The van der Waals surface area contributed by atoms with Crippen LogP contribution in [0.1, 0.15) is 32.6 Å². The summed E-state index contributed by atoms with van der Waals surface area (Å²) in [6, 6.07) is 0. The lowest BCUT2D eigenvalue weighted by Crippen LogP contribution is -2.54. The molecule has 0 aromatic rings. The number of carboxylic acids is 1. The molecule has 0 aromatic heterocycles. The molecule has 0 bridgehead atoms. The molecular weight excluding hydrogens is 210 g/mol. The Morgan fingerprint density at radius 2 is 2.00 bits per heavy atom. The molecule has 0 aromatic carbocycles. The number of carbonyl (C=O) groups is 2. The van der Waals surface area contributed by atoms with E-state index < -0.39 is 16.9 Å². The lowest BCUT2D eigenvalue weighted by Gasteiger charge is -2.35. The van der Waals surface area contributed by atoms with Crippen LogP contribution in [0, 0.1) is 5.41 Å². The maximum Gasteiger partial charge on any atom is 0.319 e. The van der Waals surface area contributed by atoms with Gasteiger partial charge in [0.25, 0.3) is 0 Å². The van der Waals surface area contributed by atoms with Crippen LogP contribution in [0.25, 0.3) is 0 Å². The van der Waals surface area contributed by atoms with Crippen molar-refractivity contribution in [3.05, 3.63) is 0 Å². The van der Waals surface area contributed by atoms with Crippen LogP contribution in [-0.2, 0) is 14.3 Å². The molecule has 16 heavy (non-hydrogen) atoms. The first kappa shape index (κ1) is 11.4. The summed E-state index contributed by atoms with van der Waals surface area (Å²) < 4.78 is 5.32. The van der Waals surface area contributed by atoms with Gasteiger partial charge in [0.2, 0.25) is 5.91 Å². The van der Waals surface area contributed by atoms with E-state index >= 15 is 0 Å².